The molecule has 1 atom stereocenters. The number of aliphatic hydroxyl groups is 1. The molecular weight excluding hydrogens is 240 g/mol. The maximum Gasteiger partial charge on any atom is 0.125 e. The van der Waals surface area contributed by atoms with Crippen LogP contribution in [-0.4, -0.2) is 30.9 Å². The van der Waals surface area contributed by atoms with Gasteiger partial charge in [-0.15, -0.1) is 0 Å². The number of hydrogen-bond acceptors (Lipinski definition) is 4. The third kappa shape index (κ3) is 3.01. The lowest BCUT2D eigenvalue weighted by Crippen LogP contribution is -2.43. The van der Waals surface area contributed by atoms with Crippen LogP contribution in [0, 0.1) is 0 Å². The monoisotopic (exact) mass is 264 g/mol. The molecule has 19 heavy (non-hydrogen) atoms. The Morgan fingerprint density at radius 1 is 1.37 bits per heavy atom. The van der Waals surface area contributed by atoms with Crippen LogP contribution in [0.25, 0.3) is 0 Å². The summed E-state index contributed by atoms with van der Waals surface area (Å²) in [7, 11) is 1.67. The van der Waals surface area contributed by atoms with Gasteiger partial charge in [0.05, 0.1) is 12.7 Å². The fourth-order valence-corrected chi connectivity index (χ4v) is 2.67. The van der Waals surface area contributed by atoms with Gasteiger partial charge in [-0.2, -0.15) is 0 Å². The van der Waals surface area contributed by atoms with Crippen molar-refractivity contribution in [2.24, 2.45) is 5.73 Å². The Kier molecular flexibility index (Phi) is 4.02. The van der Waals surface area contributed by atoms with Crippen LogP contribution in [-0.2, 0) is 0 Å². The van der Waals surface area contributed by atoms with Gasteiger partial charge in [0.1, 0.15) is 5.75 Å². The molecule has 1 heterocycles. The van der Waals surface area contributed by atoms with Crippen molar-refractivity contribution in [3.63, 3.8) is 0 Å². The molecule has 0 amide bonds. The molecule has 4 heteroatoms. The Balaban J connectivity index is 2.30. The molecule has 2 rings (SSSR count). The van der Waals surface area contributed by atoms with E-state index in [-0.39, 0.29) is 6.04 Å². The van der Waals surface area contributed by atoms with E-state index in [1.165, 1.54) is 0 Å². The second kappa shape index (κ2) is 5.39. The first kappa shape index (κ1) is 14.2. The van der Waals surface area contributed by atoms with Crippen LogP contribution in [0.4, 0.5) is 5.69 Å². The van der Waals surface area contributed by atoms with E-state index in [1.54, 1.807) is 7.11 Å². The topological polar surface area (TPSA) is 58.7 Å². The van der Waals surface area contributed by atoms with E-state index in [2.05, 4.69) is 11.0 Å². The maximum absolute atomic E-state index is 10.0. The number of piperidine rings is 1. The number of rotatable bonds is 3. The van der Waals surface area contributed by atoms with Gasteiger partial charge in [-0.3, -0.25) is 0 Å². The van der Waals surface area contributed by atoms with Crippen molar-refractivity contribution in [1.82, 2.24) is 0 Å². The number of hydrogen-bond donors (Lipinski definition) is 2. The number of methoxy groups -OCH3 is 1. The predicted octanol–water partition coefficient (Wildman–Crippen LogP) is 2.07. The van der Waals surface area contributed by atoms with Crippen LogP contribution in [0.15, 0.2) is 18.2 Å². The average Bonchev–Trinajstić information content (AvgIpc) is 2.37. The fourth-order valence-electron chi connectivity index (χ4n) is 2.67. The van der Waals surface area contributed by atoms with Crippen LogP contribution in [0.2, 0.25) is 0 Å². The number of benzene rings is 1. The predicted molar refractivity (Wildman–Crippen MR) is 77.7 cm³/mol. The SMILES string of the molecule is COc1cccc(N2CCC(C)(O)CC2)c1C(C)N. The largest absolute Gasteiger partial charge is 0.496 e. The van der Waals surface area contributed by atoms with Crippen LogP contribution >= 0.6 is 0 Å². The van der Waals surface area contributed by atoms with Crippen LogP contribution in [0.1, 0.15) is 38.3 Å². The van der Waals surface area contributed by atoms with Crippen LogP contribution in [0.5, 0.6) is 5.75 Å². The molecular formula is C15H24N2O2. The zero-order valence-electron chi connectivity index (χ0n) is 12.0. The van der Waals surface area contributed by atoms with Crippen molar-refractivity contribution in [2.45, 2.75) is 38.3 Å². The molecule has 0 spiro atoms. The van der Waals surface area contributed by atoms with Crippen molar-refractivity contribution in [3.05, 3.63) is 23.8 Å². The molecule has 1 aliphatic rings. The van der Waals surface area contributed by atoms with Crippen molar-refractivity contribution >= 4 is 5.69 Å². The summed E-state index contributed by atoms with van der Waals surface area (Å²) >= 11 is 0. The van der Waals surface area contributed by atoms with E-state index >= 15 is 0 Å². The van der Waals surface area contributed by atoms with E-state index in [4.69, 9.17) is 10.5 Å². The molecule has 1 unspecified atom stereocenters. The number of anilines is 1. The van der Waals surface area contributed by atoms with E-state index in [1.807, 2.05) is 26.0 Å². The molecule has 106 valence electrons. The van der Waals surface area contributed by atoms with Gasteiger partial charge in [0.15, 0.2) is 0 Å². The van der Waals surface area contributed by atoms with Gasteiger partial charge in [0.25, 0.3) is 0 Å². The maximum atomic E-state index is 10.0. The minimum absolute atomic E-state index is 0.0754. The lowest BCUT2D eigenvalue weighted by molar-refractivity contribution is 0.0351. The minimum Gasteiger partial charge on any atom is -0.496 e. The van der Waals surface area contributed by atoms with Crippen molar-refractivity contribution in [2.75, 3.05) is 25.1 Å². The smallest absolute Gasteiger partial charge is 0.125 e. The molecule has 1 aliphatic heterocycles. The third-order valence-electron chi connectivity index (χ3n) is 3.90. The van der Waals surface area contributed by atoms with E-state index in [0.717, 1.165) is 42.9 Å². The minimum atomic E-state index is -0.538. The molecule has 3 N–H and O–H groups in total. The average molecular weight is 264 g/mol. The standard InChI is InChI=1S/C15H24N2O2/c1-11(16)14-12(5-4-6-13(14)19-3)17-9-7-15(2,18)8-10-17/h4-6,11,18H,7-10,16H2,1-3H3. The van der Waals surface area contributed by atoms with E-state index in [9.17, 15) is 5.11 Å². The Morgan fingerprint density at radius 3 is 2.53 bits per heavy atom. The summed E-state index contributed by atoms with van der Waals surface area (Å²) in [5.41, 5.74) is 7.73. The molecule has 0 saturated carbocycles. The Bertz CT molecular complexity index is 434. The second-order valence-electron chi connectivity index (χ2n) is 5.67. The number of nitrogens with two attached hydrogens (primary N) is 1. The van der Waals surface area contributed by atoms with Gasteiger partial charge < -0.3 is 20.5 Å². The summed E-state index contributed by atoms with van der Waals surface area (Å²) < 4.78 is 5.42. The highest BCUT2D eigenvalue weighted by molar-refractivity contribution is 5.61. The molecule has 0 aromatic heterocycles. The van der Waals surface area contributed by atoms with Gasteiger partial charge in [0.2, 0.25) is 0 Å². The van der Waals surface area contributed by atoms with E-state index < -0.39 is 5.60 Å². The van der Waals surface area contributed by atoms with Crippen molar-refractivity contribution < 1.29 is 9.84 Å². The van der Waals surface area contributed by atoms with Crippen LogP contribution in [0.3, 0.4) is 0 Å². The Morgan fingerprint density at radius 2 is 2.00 bits per heavy atom. The summed E-state index contributed by atoms with van der Waals surface area (Å²) in [6.45, 7) is 5.57. The van der Waals surface area contributed by atoms with Gasteiger partial charge >= 0.3 is 0 Å². The van der Waals surface area contributed by atoms with E-state index in [0.29, 0.717) is 0 Å². The zero-order chi connectivity index (χ0) is 14.0. The second-order valence-corrected chi connectivity index (χ2v) is 5.67. The summed E-state index contributed by atoms with van der Waals surface area (Å²) in [5.74, 6) is 0.838. The quantitative estimate of drug-likeness (QED) is 0.877. The lowest BCUT2D eigenvalue weighted by atomic mass is 9.92. The lowest BCUT2D eigenvalue weighted by Gasteiger charge is -2.38. The zero-order valence-corrected chi connectivity index (χ0v) is 12.0. The fraction of sp³-hybridized carbons (Fsp3) is 0.600. The molecule has 1 aromatic rings. The highest BCUT2D eigenvalue weighted by atomic mass is 16.5. The first-order valence-corrected chi connectivity index (χ1v) is 6.84. The first-order valence-electron chi connectivity index (χ1n) is 6.84. The summed E-state index contributed by atoms with van der Waals surface area (Å²) in [5, 5.41) is 10.0. The summed E-state index contributed by atoms with van der Waals surface area (Å²) in [6.07, 6.45) is 1.56. The normalized spacial score (nSPS) is 20.2. The van der Waals surface area contributed by atoms with Crippen molar-refractivity contribution in [3.8, 4) is 5.75 Å². The molecule has 1 saturated heterocycles. The molecule has 1 aromatic carbocycles. The van der Waals surface area contributed by atoms with Gasteiger partial charge in [-0.05, 0) is 38.8 Å². The first-order chi connectivity index (χ1) is 8.94. The number of nitrogens with zero attached hydrogens (tertiary/aromatic N) is 1. The summed E-state index contributed by atoms with van der Waals surface area (Å²) in [6, 6.07) is 5.95. The summed E-state index contributed by atoms with van der Waals surface area (Å²) in [4.78, 5) is 2.29. The van der Waals surface area contributed by atoms with Gasteiger partial charge in [-0.1, -0.05) is 6.07 Å². The molecule has 1 fully saturated rings. The van der Waals surface area contributed by atoms with Crippen molar-refractivity contribution in [1.29, 1.82) is 0 Å². The number of ether oxygens (including phenoxy) is 1. The van der Waals surface area contributed by atoms with Crippen LogP contribution < -0.4 is 15.4 Å². The molecule has 0 radical (unpaired) electrons. The Hall–Kier alpha value is -1.26. The highest BCUT2D eigenvalue weighted by Crippen LogP contribution is 2.36. The van der Waals surface area contributed by atoms with Gasteiger partial charge in [-0.25, -0.2) is 0 Å². The molecule has 4 nitrogen and oxygen atoms in total. The third-order valence-corrected chi connectivity index (χ3v) is 3.90. The molecule has 0 aliphatic carbocycles. The highest BCUT2D eigenvalue weighted by Gasteiger charge is 2.29. The van der Waals surface area contributed by atoms with Gasteiger partial charge in [0, 0.05) is 30.4 Å². The Labute approximate surface area is 115 Å². The molecule has 0 bridgehead atoms.